The Hall–Kier alpha value is -0.860. The van der Waals surface area contributed by atoms with E-state index in [1.165, 1.54) is 30.4 Å². The smallest absolute Gasteiger partial charge is 0.0805 e. The molecular formula is C17H27NO. The molecule has 1 aromatic rings. The van der Waals surface area contributed by atoms with E-state index in [0.717, 1.165) is 26.1 Å². The van der Waals surface area contributed by atoms with Crippen LogP contribution in [0.5, 0.6) is 0 Å². The summed E-state index contributed by atoms with van der Waals surface area (Å²) in [5.74, 6) is 0.694. The van der Waals surface area contributed by atoms with Crippen molar-refractivity contribution in [1.82, 2.24) is 4.90 Å². The van der Waals surface area contributed by atoms with Crippen molar-refractivity contribution in [3.8, 4) is 0 Å². The molecule has 0 heterocycles. The average molecular weight is 261 g/mol. The van der Waals surface area contributed by atoms with E-state index in [4.69, 9.17) is 0 Å². The van der Waals surface area contributed by atoms with Gasteiger partial charge in [0, 0.05) is 6.54 Å². The van der Waals surface area contributed by atoms with E-state index >= 15 is 0 Å². The Morgan fingerprint density at radius 2 is 1.89 bits per heavy atom. The minimum absolute atomic E-state index is 0.308. The second-order valence-electron chi connectivity index (χ2n) is 5.59. The molecule has 1 unspecified atom stereocenters. The minimum atomic E-state index is -0.308. The van der Waals surface area contributed by atoms with Crippen molar-refractivity contribution < 1.29 is 5.11 Å². The molecule has 0 bridgehead atoms. The second kappa shape index (κ2) is 7.06. The van der Waals surface area contributed by atoms with Crippen LogP contribution in [0.2, 0.25) is 0 Å². The highest BCUT2D eigenvalue weighted by atomic mass is 16.3. The molecule has 2 rings (SSSR count). The van der Waals surface area contributed by atoms with E-state index in [0.29, 0.717) is 5.92 Å². The largest absolute Gasteiger partial charge is 0.388 e. The molecule has 2 heteroatoms. The third-order valence-corrected chi connectivity index (χ3v) is 4.51. The van der Waals surface area contributed by atoms with Crippen molar-refractivity contribution in [3.05, 3.63) is 35.4 Å². The number of aliphatic hydroxyl groups excluding tert-OH is 1. The molecule has 0 amide bonds. The maximum Gasteiger partial charge on any atom is 0.0805 e. The van der Waals surface area contributed by atoms with Crippen molar-refractivity contribution >= 4 is 0 Å². The fourth-order valence-corrected chi connectivity index (χ4v) is 2.91. The van der Waals surface area contributed by atoms with E-state index < -0.39 is 0 Å². The lowest BCUT2D eigenvalue weighted by molar-refractivity contribution is 0.143. The third-order valence-electron chi connectivity index (χ3n) is 4.51. The SMILES string of the molecule is CCN(CC)CCC(O)c1ccccc1C1CCC1. The highest BCUT2D eigenvalue weighted by Crippen LogP contribution is 2.39. The van der Waals surface area contributed by atoms with Crippen LogP contribution in [0.15, 0.2) is 24.3 Å². The molecular weight excluding hydrogens is 234 g/mol. The first-order valence-corrected chi connectivity index (χ1v) is 7.75. The highest BCUT2D eigenvalue weighted by molar-refractivity contribution is 5.33. The average Bonchev–Trinajstić information content (AvgIpc) is 2.38. The topological polar surface area (TPSA) is 23.5 Å². The zero-order valence-electron chi connectivity index (χ0n) is 12.3. The van der Waals surface area contributed by atoms with Gasteiger partial charge in [-0.1, -0.05) is 44.5 Å². The Morgan fingerprint density at radius 1 is 1.21 bits per heavy atom. The maximum atomic E-state index is 10.5. The Balaban J connectivity index is 2.00. The van der Waals surface area contributed by atoms with Crippen LogP contribution in [-0.4, -0.2) is 29.6 Å². The zero-order valence-corrected chi connectivity index (χ0v) is 12.3. The maximum absolute atomic E-state index is 10.5. The van der Waals surface area contributed by atoms with Gasteiger partial charge in [-0.3, -0.25) is 0 Å². The predicted molar refractivity (Wildman–Crippen MR) is 80.4 cm³/mol. The van der Waals surface area contributed by atoms with Crippen molar-refractivity contribution in [1.29, 1.82) is 0 Å². The van der Waals surface area contributed by atoms with E-state index in [9.17, 15) is 5.11 Å². The van der Waals surface area contributed by atoms with Crippen LogP contribution in [0.1, 0.15) is 62.7 Å². The number of hydrogen-bond acceptors (Lipinski definition) is 2. The van der Waals surface area contributed by atoms with Gasteiger partial charge in [0.1, 0.15) is 0 Å². The molecule has 0 spiro atoms. The lowest BCUT2D eigenvalue weighted by atomic mass is 9.77. The summed E-state index contributed by atoms with van der Waals surface area (Å²) in [5, 5.41) is 10.5. The first-order chi connectivity index (χ1) is 9.26. The molecule has 0 saturated heterocycles. The van der Waals surface area contributed by atoms with Gasteiger partial charge in [0.2, 0.25) is 0 Å². The lowest BCUT2D eigenvalue weighted by Gasteiger charge is -2.29. The molecule has 1 aliphatic carbocycles. The van der Waals surface area contributed by atoms with E-state index in [1.807, 2.05) is 0 Å². The van der Waals surface area contributed by atoms with Crippen LogP contribution in [0, 0.1) is 0 Å². The molecule has 0 aromatic heterocycles. The van der Waals surface area contributed by atoms with Crippen LogP contribution >= 0.6 is 0 Å². The number of rotatable bonds is 7. The lowest BCUT2D eigenvalue weighted by Crippen LogP contribution is -2.25. The van der Waals surface area contributed by atoms with Crippen LogP contribution in [0.4, 0.5) is 0 Å². The quantitative estimate of drug-likeness (QED) is 0.808. The summed E-state index contributed by atoms with van der Waals surface area (Å²) >= 11 is 0. The van der Waals surface area contributed by atoms with E-state index in [-0.39, 0.29) is 6.10 Å². The van der Waals surface area contributed by atoms with Gasteiger partial charge in [0.25, 0.3) is 0 Å². The summed E-state index contributed by atoms with van der Waals surface area (Å²) in [4.78, 5) is 2.37. The van der Waals surface area contributed by atoms with Gasteiger partial charge >= 0.3 is 0 Å². The minimum Gasteiger partial charge on any atom is -0.388 e. The molecule has 19 heavy (non-hydrogen) atoms. The fraction of sp³-hybridized carbons (Fsp3) is 0.647. The van der Waals surface area contributed by atoms with E-state index in [2.05, 4.69) is 43.0 Å². The Kier molecular flexibility index (Phi) is 5.41. The Bertz CT molecular complexity index is 383. The van der Waals surface area contributed by atoms with Crippen molar-refractivity contribution in [3.63, 3.8) is 0 Å². The van der Waals surface area contributed by atoms with Gasteiger partial charge < -0.3 is 10.0 Å². The van der Waals surface area contributed by atoms with Gasteiger partial charge in [-0.2, -0.15) is 0 Å². The van der Waals surface area contributed by atoms with Crippen molar-refractivity contribution in [2.45, 2.75) is 51.6 Å². The molecule has 0 radical (unpaired) electrons. The monoisotopic (exact) mass is 261 g/mol. The summed E-state index contributed by atoms with van der Waals surface area (Å²) in [6.07, 6.45) is 4.46. The second-order valence-corrected chi connectivity index (χ2v) is 5.59. The molecule has 2 nitrogen and oxygen atoms in total. The summed E-state index contributed by atoms with van der Waals surface area (Å²) in [6.45, 7) is 7.46. The number of aliphatic hydroxyl groups is 1. The molecule has 1 fully saturated rings. The molecule has 1 atom stereocenters. The summed E-state index contributed by atoms with van der Waals surface area (Å²) in [5.41, 5.74) is 2.56. The van der Waals surface area contributed by atoms with Crippen LogP contribution in [-0.2, 0) is 0 Å². The summed E-state index contributed by atoms with van der Waals surface area (Å²) in [7, 11) is 0. The Labute approximate surface area is 117 Å². The molecule has 106 valence electrons. The number of hydrogen-bond donors (Lipinski definition) is 1. The van der Waals surface area contributed by atoms with Crippen molar-refractivity contribution in [2.75, 3.05) is 19.6 Å². The number of nitrogens with zero attached hydrogens (tertiary/aromatic N) is 1. The zero-order chi connectivity index (χ0) is 13.7. The third kappa shape index (κ3) is 3.58. The molecule has 1 saturated carbocycles. The first kappa shape index (κ1) is 14.5. The predicted octanol–water partition coefficient (Wildman–Crippen LogP) is 3.72. The van der Waals surface area contributed by atoms with Gasteiger partial charge in [-0.25, -0.2) is 0 Å². The first-order valence-electron chi connectivity index (χ1n) is 7.75. The van der Waals surface area contributed by atoms with Gasteiger partial charge in [0.05, 0.1) is 6.10 Å². The molecule has 0 aliphatic heterocycles. The Morgan fingerprint density at radius 3 is 2.47 bits per heavy atom. The molecule has 1 N–H and O–H groups in total. The fourth-order valence-electron chi connectivity index (χ4n) is 2.91. The van der Waals surface area contributed by atoms with Gasteiger partial charge in [-0.15, -0.1) is 0 Å². The summed E-state index contributed by atoms with van der Waals surface area (Å²) < 4.78 is 0. The van der Waals surface area contributed by atoms with Crippen LogP contribution in [0.3, 0.4) is 0 Å². The highest BCUT2D eigenvalue weighted by Gasteiger charge is 2.24. The van der Waals surface area contributed by atoms with Crippen LogP contribution < -0.4 is 0 Å². The van der Waals surface area contributed by atoms with Gasteiger partial charge in [-0.05, 0) is 49.4 Å². The standard InChI is InChI=1S/C17H27NO/c1-3-18(4-2)13-12-17(19)16-11-6-5-10-15(16)14-8-7-9-14/h5-6,10-11,14,17,19H,3-4,7-9,12-13H2,1-2H3. The summed E-state index contributed by atoms with van der Waals surface area (Å²) in [6, 6.07) is 8.48. The van der Waals surface area contributed by atoms with E-state index in [1.54, 1.807) is 0 Å². The van der Waals surface area contributed by atoms with Gasteiger partial charge in [0.15, 0.2) is 0 Å². The van der Waals surface area contributed by atoms with Crippen LogP contribution in [0.25, 0.3) is 0 Å². The van der Waals surface area contributed by atoms with Crippen molar-refractivity contribution in [2.24, 2.45) is 0 Å². The normalized spacial score (nSPS) is 17.5. The molecule has 1 aliphatic rings. The molecule has 1 aromatic carbocycles. The number of benzene rings is 1.